The molecular weight excluding hydrogens is 220 g/mol. The first-order valence-electron chi connectivity index (χ1n) is 7.55. The summed E-state index contributed by atoms with van der Waals surface area (Å²) in [5.74, 6) is 2.43. The summed E-state index contributed by atoms with van der Waals surface area (Å²) < 4.78 is 0. The van der Waals surface area contributed by atoms with Gasteiger partial charge in [0.2, 0.25) is 0 Å². The molecular formula is C17H24O. The van der Waals surface area contributed by atoms with Crippen LogP contribution in [0.15, 0.2) is 24.3 Å². The number of unbranched alkanes of at least 4 members (excludes halogenated alkanes) is 1. The van der Waals surface area contributed by atoms with E-state index in [-0.39, 0.29) is 6.10 Å². The summed E-state index contributed by atoms with van der Waals surface area (Å²) in [5, 5.41) is 10.4. The highest BCUT2D eigenvalue weighted by Crippen LogP contribution is 2.57. The molecule has 3 unspecified atom stereocenters. The molecule has 1 aromatic carbocycles. The van der Waals surface area contributed by atoms with Crippen LogP contribution >= 0.6 is 0 Å². The van der Waals surface area contributed by atoms with E-state index in [2.05, 4.69) is 31.2 Å². The van der Waals surface area contributed by atoms with Gasteiger partial charge in [-0.25, -0.2) is 0 Å². The third kappa shape index (κ3) is 2.47. The van der Waals surface area contributed by atoms with Gasteiger partial charge in [-0.1, -0.05) is 37.6 Å². The SMILES string of the molecule is CCCCc1ccc(C(O)C2CC3CC3C2)cc1. The van der Waals surface area contributed by atoms with Crippen LogP contribution in [0.4, 0.5) is 0 Å². The van der Waals surface area contributed by atoms with Gasteiger partial charge in [0.25, 0.3) is 0 Å². The highest BCUT2D eigenvalue weighted by atomic mass is 16.3. The molecule has 0 bridgehead atoms. The zero-order chi connectivity index (χ0) is 12.5. The number of benzene rings is 1. The number of hydrogen-bond acceptors (Lipinski definition) is 1. The third-order valence-electron chi connectivity index (χ3n) is 4.87. The zero-order valence-corrected chi connectivity index (χ0v) is 11.3. The topological polar surface area (TPSA) is 20.2 Å². The van der Waals surface area contributed by atoms with Crippen molar-refractivity contribution in [2.45, 2.75) is 51.6 Å². The number of aryl methyl sites for hydroxylation is 1. The quantitative estimate of drug-likeness (QED) is 0.826. The lowest BCUT2D eigenvalue weighted by molar-refractivity contribution is 0.104. The molecule has 0 aromatic heterocycles. The van der Waals surface area contributed by atoms with Gasteiger partial charge >= 0.3 is 0 Å². The molecule has 1 heteroatoms. The molecule has 18 heavy (non-hydrogen) atoms. The lowest BCUT2D eigenvalue weighted by Gasteiger charge is -2.20. The molecule has 1 N–H and O–H groups in total. The molecule has 0 radical (unpaired) electrons. The molecule has 2 saturated carbocycles. The van der Waals surface area contributed by atoms with E-state index < -0.39 is 0 Å². The van der Waals surface area contributed by atoms with Crippen LogP contribution in [-0.2, 0) is 6.42 Å². The predicted molar refractivity (Wildman–Crippen MR) is 74.3 cm³/mol. The van der Waals surface area contributed by atoms with Gasteiger partial charge in [0.15, 0.2) is 0 Å². The summed E-state index contributed by atoms with van der Waals surface area (Å²) in [5.41, 5.74) is 2.53. The molecule has 0 heterocycles. The number of aliphatic hydroxyl groups is 1. The Morgan fingerprint density at radius 2 is 1.78 bits per heavy atom. The van der Waals surface area contributed by atoms with Crippen molar-refractivity contribution in [2.24, 2.45) is 17.8 Å². The van der Waals surface area contributed by atoms with E-state index in [4.69, 9.17) is 0 Å². The zero-order valence-electron chi connectivity index (χ0n) is 11.3. The van der Waals surface area contributed by atoms with Crippen molar-refractivity contribution in [2.75, 3.05) is 0 Å². The highest BCUT2D eigenvalue weighted by molar-refractivity contribution is 5.25. The van der Waals surface area contributed by atoms with E-state index in [1.54, 1.807) is 0 Å². The summed E-state index contributed by atoms with van der Waals surface area (Å²) in [7, 11) is 0. The molecule has 2 aliphatic rings. The maximum Gasteiger partial charge on any atom is 0.0818 e. The monoisotopic (exact) mass is 244 g/mol. The van der Waals surface area contributed by atoms with E-state index >= 15 is 0 Å². The Labute approximate surface area is 110 Å². The number of hydrogen-bond donors (Lipinski definition) is 1. The fraction of sp³-hybridized carbons (Fsp3) is 0.647. The average Bonchev–Trinajstić information content (AvgIpc) is 3.03. The van der Waals surface area contributed by atoms with Crippen LogP contribution in [0.3, 0.4) is 0 Å². The van der Waals surface area contributed by atoms with E-state index in [9.17, 15) is 5.11 Å². The van der Waals surface area contributed by atoms with E-state index in [0.29, 0.717) is 5.92 Å². The van der Waals surface area contributed by atoms with Crippen LogP contribution in [0.2, 0.25) is 0 Å². The van der Waals surface area contributed by atoms with Crippen LogP contribution in [0.1, 0.15) is 56.3 Å². The highest BCUT2D eigenvalue weighted by Gasteiger charge is 2.47. The van der Waals surface area contributed by atoms with Crippen molar-refractivity contribution in [1.82, 2.24) is 0 Å². The molecule has 1 aromatic rings. The van der Waals surface area contributed by atoms with Crippen molar-refractivity contribution in [3.05, 3.63) is 35.4 Å². The summed E-state index contributed by atoms with van der Waals surface area (Å²) in [6, 6.07) is 8.67. The fourth-order valence-corrected chi connectivity index (χ4v) is 3.55. The van der Waals surface area contributed by atoms with Gasteiger partial charge in [0, 0.05) is 0 Å². The standard InChI is InChI=1S/C17H24O/c1-2-3-4-12-5-7-13(8-6-12)17(18)16-10-14-9-15(14)11-16/h5-8,14-18H,2-4,9-11H2,1H3. The molecule has 0 aliphatic heterocycles. The molecule has 1 nitrogen and oxygen atoms in total. The molecule has 3 atom stereocenters. The number of aliphatic hydroxyl groups excluding tert-OH is 1. The summed E-state index contributed by atoms with van der Waals surface area (Å²) >= 11 is 0. The van der Waals surface area contributed by atoms with Crippen LogP contribution in [0.25, 0.3) is 0 Å². The third-order valence-corrected chi connectivity index (χ3v) is 4.87. The first-order chi connectivity index (χ1) is 8.78. The lowest BCUT2D eigenvalue weighted by atomic mass is 9.91. The minimum atomic E-state index is -0.224. The van der Waals surface area contributed by atoms with Crippen LogP contribution in [-0.4, -0.2) is 5.11 Å². The van der Waals surface area contributed by atoms with Gasteiger partial charge in [-0.05, 0) is 61.0 Å². The Kier molecular flexibility index (Phi) is 3.43. The van der Waals surface area contributed by atoms with Gasteiger partial charge in [-0.3, -0.25) is 0 Å². The van der Waals surface area contributed by atoms with Gasteiger partial charge in [0.05, 0.1) is 6.10 Å². The Morgan fingerprint density at radius 3 is 2.39 bits per heavy atom. The second-order valence-corrected chi connectivity index (χ2v) is 6.28. The van der Waals surface area contributed by atoms with Gasteiger partial charge in [-0.2, -0.15) is 0 Å². The molecule has 98 valence electrons. The molecule has 0 amide bonds. The number of fused-ring (bicyclic) bond motifs is 1. The second kappa shape index (κ2) is 5.05. The predicted octanol–water partition coefficient (Wildman–Crippen LogP) is 4.11. The van der Waals surface area contributed by atoms with Gasteiger partial charge in [0.1, 0.15) is 0 Å². The summed E-state index contributed by atoms with van der Waals surface area (Å²) in [4.78, 5) is 0. The fourth-order valence-electron chi connectivity index (χ4n) is 3.55. The second-order valence-electron chi connectivity index (χ2n) is 6.28. The van der Waals surface area contributed by atoms with E-state index in [0.717, 1.165) is 17.4 Å². The minimum absolute atomic E-state index is 0.224. The molecule has 0 saturated heterocycles. The first kappa shape index (κ1) is 12.2. The minimum Gasteiger partial charge on any atom is -0.388 e. The first-order valence-corrected chi connectivity index (χ1v) is 7.55. The number of rotatable bonds is 5. The molecule has 2 fully saturated rings. The largest absolute Gasteiger partial charge is 0.388 e. The Bertz CT molecular complexity index is 385. The van der Waals surface area contributed by atoms with E-state index in [1.165, 1.54) is 44.1 Å². The summed E-state index contributed by atoms with van der Waals surface area (Å²) in [6.45, 7) is 2.23. The normalized spacial score (nSPS) is 31.1. The van der Waals surface area contributed by atoms with Crippen molar-refractivity contribution in [1.29, 1.82) is 0 Å². The molecule has 0 spiro atoms. The van der Waals surface area contributed by atoms with Crippen molar-refractivity contribution in [3.8, 4) is 0 Å². The summed E-state index contributed by atoms with van der Waals surface area (Å²) in [6.07, 6.45) is 7.38. The Balaban J connectivity index is 1.61. The molecule has 3 rings (SSSR count). The molecule has 2 aliphatic carbocycles. The Morgan fingerprint density at radius 1 is 1.11 bits per heavy atom. The van der Waals surface area contributed by atoms with Crippen LogP contribution in [0.5, 0.6) is 0 Å². The van der Waals surface area contributed by atoms with Crippen LogP contribution in [0, 0.1) is 17.8 Å². The van der Waals surface area contributed by atoms with Gasteiger partial charge in [-0.15, -0.1) is 0 Å². The van der Waals surface area contributed by atoms with Crippen molar-refractivity contribution < 1.29 is 5.11 Å². The lowest BCUT2D eigenvalue weighted by Crippen LogP contribution is -2.10. The van der Waals surface area contributed by atoms with Crippen molar-refractivity contribution in [3.63, 3.8) is 0 Å². The smallest absolute Gasteiger partial charge is 0.0818 e. The van der Waals surface area contributed by atoms with E-state index in [1.807, 2.05) is 0 Å². The van der Waals surface area contributed by atoms with Crippen LogP contribution < -0.4 is 0 Å². The van der Waals surface area contributed by atoms with Gasteiger partial charge < -0.3 is 5.11 Å². The van der Waals surface area contributed by atoms with Crippen molar-refractivity contribution >= 4 is 0 Å². The maximum absolute atomic E-state index is 10.4. The maximum atomic E-state index is 10.4. The average molecular weight is 244 g/mol. The Hall–Kier alpha value is -0.820.